The maximum Gasteiger partial charge on any atom is 0.277 e. The van der Waals surface area contributed by atoms with Gasteiger partial charge in [0.25, 0.3) is 5.91 Å². The summed E-state index contributed by atoms with van der Waals surface area (Å²) in [6.45, 7) is 3.84. The largest absolute Gasteiger partial charge is 0.503 e. The molecule has 0 heterocycles. The van der Waals surface area contributed by atoms with E-state index >= 15 is 0 Å². The molecule has 0 aromatic heterocycles. The van der Waals surface area contributed by atoms with Gasteiger partial charge in [-0.3, -0.25) is 4.79 Å². The number of carbonyl (C=O) groups excluding carboxylic acids is 1. The van der Waals surface area contributed by atoms with Crippen LogP contribution in [0, 0.1) is 13.8 Å². The Morgan fingerprint density at radius 3 is 2.62 bits per heavy atom. The number of hydrazone groups is 1. The molecule has 1 amide bonds. The fourth-order valence-corrected chi connectivity index (χ4v) is 2.85. The van der Waals surface area contributed by atoms with E-state index in [-0.39, 0.29) is 24.0 Å². The molecule has 0 bridgehead atoms. The fourth-order valence-electron chi connectivity index (χ4n) is 2.02. The number of halogens is 2. The van der Waals surface area contributed by atoms with E-state index in [0.717, 1.165) is 11.1 Å². The van der Waals surface area contributed by atoms with Gasteiger partial charge < -0.3 is 14.6 Å². The third-order valence-corrected chi connectivity index (χ3v) is 5.79. The van der Waals surface area contributed by atoms with Gasteiger partial charge in [-0.1, -0.05) is 6.07 Å². The van der Waals surface area contributed by atoms with E-state index in [2.05, 4.69) is 42.4 Å². The summed E-state index contributed by atoms with van der Waals surface area (Å²) in [6.07, 6.45) is 1.44. The molecule has 0 fully saturated rings. The maximum absolute atomic E-state index is 11.9. The second-order valence-corrected chi connectivity index (χ2v) is 7.06. The van der Waals surface area contributed by atoms with Crippen molar-refractivity contribution >= 4 is 44.0 Å². The van der Waals surface area contributed by atoms with Gasteiger partial charge in [0.05, 0.1) is 17.8 Å². The Labute approximate surface area is 168 Å². The number of phenolic OH excluding ortho intramolecular Hbond substituents is 1. The number of hydrogen-bond acceptors (Lipinski definition) is 5. The first-order valence-electron chi connectivity index (χ1n) is 7.60. The van der Waals surface area contributed by atoms with Crippen LogP contribution in [0.5, 0.6) is 17.2 Å². The van der Waals surface area contributed by atoms with E-state index in [4.69, 9.17) is 9.47 Å². The van der Waals surface area contributed by atoms with Crippen LogP contribution in [0.15, 0.2) is 38.3 Å². The minimum absolute atomic E-state index is 0.0256. The molecular formula is C18H18Br2N2O4. The molecule has 8 heteroatoms. The predicted molar refractivity (Wildman–Crippen MR) is 107 cm³/mol. The number of nitrogens with one attached hydrogen (secondary N) is 1. The molecule has 0 aliphatic heterocycles. The number of rotatable bonds is 6. The van der Waals surface area contributed by atoms with Crippen molar-refractivity contribution in [2.75, 3.05) is 13.7 Å². The van der Waals surface area contributed by atoms with Crippen LogP contribution in [-0.2, 0) is 4.79 Å². The maximum atomic E-state index is 11.9. The molecule has 0 radical (unpaired) electrons. The monoisotopic (exact) mass is 484 g/mol. The Morgan fingerprint density at radius 2 is 1.96 bits per heavy atom. The van der Waals surface area contributed by atoms with Gasteiger partial charge in [0.1, 0.15) is 5.75 Å². The first-order valence-corrected chi connectivity index (χ1v) is 9.19. The fraction of sp³-hybridized carbons (Fsp3) is 0.222. The van der Waals surface area contributed by atoms with Crippen LogP contribution in [0.25, 0.3) is 0 Å². The number of aryl methyl sites for hydroxylation is 2. The van der Waals surface area contributed by atoms with Crippen molar-refractivity contribution in [3.63, 3.8) is 0 Å². The van der Waals surface area contributed by atoms with Crippen molar-refractivity contribution in [2.24, 2.45) is 5.10 Å². The van der Waals surface area contributed by atoms with Gasteiger partial charge in [-0.2, -0.15) is 5.10 Å². The quantitative estimate of drug-likeness (QED) is 0.477. The lowest BCUT2D eigenvalue weighted by molar-refractivity contribution is -0.123. The summed E-state index contributed by atoms with van der Waals surface area (Å²) in [5, 5.41) is 13.8. The lowest BCUT2D eigenvalue weighted by atomic mass is 10.1. The van der Waals surface area contributed by atoms with Crippen LogP contribution in [0.3, 0.4) is 0 Å². The van der Waals surface area contributed by atoms with Crippen molar-refractivity contribution in [1.29, 1.82) is 0 Å². The Kier molecular flexibility index (Phi) is 7.05. The number of amides is 1. The second kappa shape index (κ2) is 9.05. The topological polar surface area (TPSA) is 80.2 Å². The number of aromatic hydroxyl groups is 1. The van der Waals surface area contributed by atoms with Crippen LogP contribution in [-0.4, -0.2) is 30.9 Å². The molecule has 2 aromatic carbocycles. The molecule has 0 spiro atoms. The molecule has 0 atom stereocenters. The van der Waals surface area contributed by atoms with Crippen LogP contribution >= 0.6 is 31.9 Å². The van der Waals surface area contributed by atoms with Crippen molar-refractivity contribution in [1.82, 2.24) is 5.43 Å². The SMILES string of the molecule is COc1cc(/C=N/NC(=O)COc2ccc(C)c(C)c2)c(Br)c(Br)c1O. The van der Waals surface area contributed by atoms with E-state index in [1.807, 2.05) is 32.0 Å². The third-order valence-electron chi connectivity index (χ3n) is 3.64. The van der Waals surface area contributed by atoms with Gasteiger partial charge in [-0.25, -0.2) is 5.43 Å². The van der Waals surface area contributed by atoms with Crippen LogP contribution in [0.2, 0.25) is 0 Å². The van der Waals surface area contributed by atoms with E-state index < -0.39 is 0 Å². The molecule has 2 aromatic rings. The molecule has 0 saturated heterocycles. The molecule has 0 aliphatic rings. The Morgan fingerprint density at radius 1 is 1.23 bits per heavy atom. The average Bonchev–Trinajstić information content (AvgIpc) is 2.62. The van der Waals surface area contributed by atoms with E-state index in [9.17, 15) is 9.90 Å². The zero-order valence-corrected chi connectivity index (χ0v) is 17.6. The van der Waals surface area contributed by atoms with Gasteiger partial charge >= 0.3 is 0 Å². The Hall–Kier alpha value is -2.06. The zero-order chi connectivity index (χ0) is 19.3. The minimum Gasteiger partial charge on any atom is -0.503 e. The van der Waals surface area contributed by atoms with Crippen molar-refractivity contribution in [3.05, 3.63) is 49.9 Å². The number of hydrogen-bond donors (Lipinski definition) is 2. The lowest BCUT2D eigenvalue weighted by Gasteiger charge is -2.09. The molecule has 2 rings (SSSR count). The molecule has 138 valence electrons. The van der Waals surface area contributed by atoms with Gasteiger partial charge in [0, 0.05) is 10.0 Å². The standard InChI is InChI=1S/C18H18Br2N2O4/c1-10-4-5-13(6-11(10)2)26-9-15(23)22-21-8-12-7-14(25-3)18(24)17(20)16(12)19/h4-8,24H,9H2,1-3H3,(H,22,23)/b21-8+. The Bertz CT molecular complexity index is 854. The summed E-state index contributed by atoms with van der Waals surface area (Å²) < 4.78 is 11.5. The molecule has 0 aliphatic carbocycles. The molecule has 2 N–H and O–H groups in total. The molecular weight excluding hydrogens is 468 g/mol. The highest BCUT2D eigenvalue weighted by molar-refractivity contribution is 9.13. The van der Waals surface area contributed by atoms with Crippen LogP contribution in [0.4, 0.5) is 0 Å². The summed E-state index contributed by atoms with van der Waals surface area (Å²) >= 11 is 6.60. The molecule has 26 heavy (non-hydrogen) atoms. The van der Waals surface area contributed by atoms with Gasteiger partial charge in [0.2, 0.25) is 0 Å². The summed E-state index contributed by atoms with van der Waals surface area (Å²) in [5.41, 5.74) is 5.26. The summed E-state index contributed by atoms with van der Waals surface area (Å²) in [7, 11) is 1.45. The highest BCUT2D eigenvalue weighted by atomic mass is 79.9. The number of methoxy groups -OCH3 is 1. The van der Waals surface area contributed by atoms with Gasteiger partial charge in [0.15, 0.2) is 18.1 Å². The molecule has 6 nitrogen and oxygen atoms in total. The zero-order valence-electron chi connectivity index (χ0n) is 14.5. The van der Waals surface area contributed by atoms with Crippen LogP contribution < -0.4 is 14.9 Å². The first kappa shape index (κ1) is 20.3. The molecule has 0 saturated carbocycles. The summed E-state index contributed by atoms with van der Waals surface area (Å²) in [6, 6.07) is 7.22. The number of phenols is 1. The highest BCUT2D eigenvalue weighted by Gasteiger charge is 2.13. The number of nitrogens with zero attached hydrogens (tertiary/aromatic N) is 1. The lowest BCUT2D eigenvalue weighted by Crippen LogP contribution is -2.24. The van der Waals surface area contributed by atoms with Gasteiger partial charge in [-0.15, -0.1) is 0 Å². The smallest absolute Gasteiger partial charge is 0.277 e. The van der Waals surface area contributed by atoms with Crippen LogP contribution in [0.1, 0.15) is 16.7 Å². The summed E-state index contributed by atoms with van der Waals surface area (Å²) in [4.78, 5) is 11.9. The Balaban J connectivity index is 1.96. The van der Waals surface area contributed by atoms with E-state index in [1.165, 1.54) is 13.3 Å². The second-order valence-electron chi connectivity index (χ2n) is 5.47. The number of benzene rings is 2. The minimum atomic E-state index is -0.389. The molecule has 0 unspecified atom stereocenters. The first-order chi connectivity index (χ1) is 12.3. The average molecular weight is 486 g/mol. The summed E-state index contributed by atoms with van der Waals surface area (Å²) in [5.74, 6) is 0.496. The number of ether oxygens (including phenoxy) is 2. The highest BCUT2D eigenvalue weighted by Crippen LogP contribution is 2.41. The normalized spacial score (nSPS) is 10.8. The van der Waals surface area contributed by atoms with Crippen molar-refractivity contribution in [2.45, 2.75) is 13.8 Å². The van der Waals surface area contributed by atoms with Crippen molar-refractivity contribution in [3.8, 4) is 17.2 Å². The number of carbonyl (C=O) groups is 1. The third kappa shape index (κ3) is 4.98. The van der Waals surface area contributed by atoms with Gasteiger partial charge in [-0.05, 0) is 75.0 Å². The van der Waals surface area contributed by atoms with Crippen molar-refractivity contribution < 1.29 is 19.4 Å². The predicted octanol–water partition coefficient (Wildman–Crippen LogP) is 4.07. The van der Waals surface area contributed by atoms with E-state index in [1.54, 1.807) is 6.07 Å². The van der Waals surface area contributed by atoms with E-state index in [0.29, 0.717) is 20.3 Å².